The van der Waals surface area contributed by atoms with Crippen molar-refractivity contribution in [3.8, 4) is 11.8 Å². The Morgan fingerprint density at radius 3 is 2.72 bits per heavy atom. The number of carbonyl (C=O) groups excluding carboxylic acids is 1. The number of fused-ring (bicyclic) bond motifs is 1. The number of nitrogens with one attached hydrogen (secondary N) is 1. The molecule has 0 fully saturated rings. The van der Waals surface area contributed by atoms with Gasteiger partial charge in [-0.25, -0.2) is 0 Å². The number of thiophene rings is 1. The van der Waals surface area contributed by atoms with Gasteiger partial charge in [0.05, 0.1) is 11.3 Å². The van der Waals surface area contributed by atoms with E-state index in [-0.39, 0.29) is 23.7 Å². The summed E-state index contributed by atoms with van der Waals surface area (Å²) >= 11 is 2.86. The molecule has 1 aliphatic rings. The molecular formula is C30H37N5O2S2. The third-order valence-electron chi connectivity index (χ3n) is 7.21. The van der Waals surface area contributed by atoms with Crippen LogP contribution in [0.1, 0.15) is 74.3 Å². The Morgan fingerprint density at radius 2 is 2.08 bits per heavy atom. The number of nitriles is 1. The van der Waals surface area contributed by atoms with E-state index in [0.29, 0.717) is 39.9 Å². The van der Waals surface area contributed by atoms with Gasteiger partial charge in [0, 0.05) is 11.4 Å². The highest BCUT2D eigenvalue weighted by Crippen LogP contribution is 2.44. The number of hydrogen-bond acceptors (Lipinski definition) is 7. The van der Waals surface area contributed by atoms with E-state index in [9.17, 15) is 10.1 Å². The summed E-state index contributed by atoms with van der Waals surface area (Å²) in [5.74, 6) is 2.45. The second kappa shape index (κ2) is 12.4. The number of rotatable bonds is 10. The van der Waals surface area contributed by atoms with Crippen molar-refractivity contribution in [2.45, 2.75) is 78.1 Å². The van der Waals surface area contributed by atoms with E-state index in [2.05, 4.69) is 74.9 Å². The molecule has 1 amide bonds. The molecule has 0 saturated carbocycles. The highest BCUT2D eigenvalue weighted by molar-refractivity contribution is 7.99. The van der Waals surface area contributed by atoms with Crippen molar-refractivity contribution >= 4 is 34.0 Å². The van der Waals surface area contributed by atoms with Gasteiger partial charge in [0.1, 0.15) is 23.4 Å². The molecule has 0 radical (unpaired) electrons. The zero-order chi connectivity index (χ0) is 28.2. The second-order valence-corrected chi connectivity index (χ2v) is 13.3. The molecule has 4 rings (SSSR count). The van der Waals surface area contributed by atoms with E-state index in [1.54, 1.807) is 17.4 Å². The van der Waals surface area contributed by atoms with Crippen molar-refractivity contribution in [1.29, 1.82) is 5.26 Å². The van der Waals surface area contributed by atoms with Crippen molar-refractivity contribution in [2.24, 2.45) is 11.3 Å². The summed E-state index contributed by atoms with van der Waals surface area (Å²) in [6.45, 7) is 15.7. The third kappa shape index (κ3) is 6.92. The first-order valence-electron chi connectivity index (χ1n) is 13.3. The minimum absolute atomic E-state index is 0.158. The van der Waals surface area contributed by atoms with Gasteiger partial charge in [-0.1, -0.05) is 64.6 Å². The normalized spacial score (nSPS) is 15.1. The highest BCUT2D eigenvalue weighted by Gasteiger charge is 2.32. The Kier molecular flexibility index (Phi) is 9.19. The number of anilines is 1. The maximum Gasteiger partial charge on any atom is 0.235 e. The van der Waals surface area contributed by atoms with Crippen LogP contribution >= 0.6 is 23.1 Å². The van der Waals surface area contributed by atoms with Crippen molar-refractivity contribution in [2.75, 3.05) is 11.1 Å². The Hall–Kier alpha value is -3.09. The van der Waals surface area contributed by atoms with E-state index in [4.69, 9.17) is 4.74 Å². The molecule has 206 valence electrons. The van der Waals surface area contributed by atoms with Gasteiger partial charge in [-0.05, 0) is 59.8 Å². The van der Waals surface area contributed by atoms with Crippen LogP contribution in [0.4, 0.5) is 5.00 Å². The molecule has 0 aliphatic heterocycles. The van der Waals surface area contributed by atoms with Crippen LogP contribution in [0.3, 0.4) is 0 Å². The van der Waals surface area contributed by atoms with Crippen LogP contribution in [0, 0.1) is 22.7 Å². The molecule has 0 bridgehead atoms. The smallest absolute Gasteiger partial charge is 0.235 e. The summed E-state index contributed by atoms with van der Waals surface area (Å²) in [4.78, 5) is 14.1. The number of amides is 1. The minimum atomic E-state index is -0.168. The summed E-state index contributed by atoms with van der Waals surface area (Å²) in [5, 5.41) is 22.7. The monoisotopic (exact) mass is 563 g/mol. The molecule has 7 nitrogen and oxygen atoms in total. The predicted octanol–water partition coefficient (Wildman–Crippen LogP) is 6.98. The zero-order valence-electron chi connectivity index (χ0n) is 23.4. The quantitative estimate of drug-likeness (QED) is 0.211. The molecule has 0 saturated heterocycles. The zero-order valence-corrected chi connectivity index (χ0v) is 25.0. The first-order chi connectivity index (χ1) is 18.6. The molecule has 1 atom stereocenters. The van der Waals surface area contributed by atoms with Crippen LogP contribution in [0.5, 0.6) is 5.75 Å². The lowest BCUT2D eigenvalue weighted by molar-refractivity contribution is -0.113. The number of nitrogens with zero attached hydrogens (tertiary/aromatic N) is 4. The number of ether oxygens (including phenoxy) is 1. The molecular weight excluding hydrogens is 526 g/mol. The lowest BCUT2D eigenvalue weighted by Crippen LogP contribution is -2.26. The van der Waals surface area contributed by atoms with Crippen molar-refractivity contribution in [3.63, 3.8) is 0 Å². The lowest BCUT2D eigenvalue weighted by atomic mass is 9.72. The Morgan fingerprint density at radius 1 is 1.33 bits per heavy atom. The van der Waals surface area contributed by atoms with E-state index < -0.39 is 0 Å². The fourth-order valence-electron chi connectivity index (χ4n) is 4.77. The summed E-state index contributed by atoms with van der Waals surface area (Å²) < 4.78 is 7.86. The first-order valence-corrected chi connectivity index (χ1v) is 15.1. The molecule has 39 heavy (non-hydrogen) atoms. The van der Waals surface area contributed by atoms with Gasteiger partial charge in [0.15, 0.2) is 11.0 Å². The van der Waals surface area contributed by atoms with Gasteiger partial charge in [-0.3, -0.25) is 9.36 Å². The van der Waals surface area contributed by atoms with Gasteiger partial charge < -0.3 is 10.1 Å². The molecule has 0 spiro atoms. The van der Waals surface area contributed by atoms with Crippen LogP contribution in [0.25, 0.3) is 0 Å². The molecule has 1 aliphatic carbocycles. The van der Waals surface area contributed by atoms with E-state index in [1.165, 1.54) is 22.2 Å². The lowest BCUT2D eigenvalue weighted by Gasteiger charge is -2.33. The maximum atomic E-state index is 12.9. The molecule has 1 unspecified atom stereocenters. The topological polar surface area (TPSA) is 92.8 Å². The Bertz CT molecular complexity index is 1360. The number of aromatic nitrogens is 3. The summed E-state index contributed by atoms with van der Waals surface area (Å²) in [6.07, 6.45) is 4.69. The molecule has 9 heteroatoms. The van der Waals surface area contributed by atoms with E-state index in [0.717, 1.165) is 30.6 Å². The first kappa shape index (κ1) is 28.9. The highest BCUT2D eigenvalue weighted by atomic mass is 32.2. The summed E-state index contributed by atoms with van der Waals surface area (Å²) in [7, 11) is 0. The average molecular weight is 564 g/mol. The maximum absolute atomic E-state index is 12.9. The van der Waals surface area contributed by atoms with Gasteiger partial charge in [0.2, 0.25) is 5.91 Å². The van der Waals surface area contributed by atoms with Crippen molar-refractivity contribution in [3.05, 3.63) is 64.3 Å². The van der Waals surface area contributed by atoms with E-state index in [1.807, 2.05) is 16.7 Å². The van der Waals surface area contributed by atoms with E-state index >= 15 is 0 Å². The number of hydrogen-bond donors (Lipinski definition) is 1. The van der Waals surface area contributed by atoms with Gasteiger partial charge in [0.25, 0.3) is 0 Å². The largest absolute Gasteiger partial charge is 0.486 e. The average Bonchev–Trinajstić information content (AvgIpc) is 3.45. The summed E-state index contributed by atoms with van der Waals surface area (Å²) in [6, 6.07) is 10.4. The van der Waals surface area contributed by atoms with Gasteiger partial charge >= 0.3 is 0 Å². The fraction of sp³-hybridized carbons (Fsp3) is 0.467. The molecule has 1 N–H and O–H groups in total. The molecule has 3 aromatic rings. The van der Waals surface area contributed by atoms with Crippen LogP contribution in [-0.2, 0) is 30.8 Å². The van der Waals surface area contributed by atoms with Crippen molar-refractivity contribution < 1.29 is 9.53 Å². The van der Waals surface area contributed by atoms with Crippen LogP contribution in [0.15, 0.2) is 42.1 Å². The Balaban J connectivity index is 1.39. The van der Waals surface area contributed by atoms with Crippen molar-refractivity contribution in [1.82, 2.24) is 14.8 Å². The van der Waals surface area contributed by atoms with Gasteiger partial charge in [-0.2, -0.15) is 5.26 Å². The number of carbonyl (C=O) groups is 1. The minimum Gasteiger partial charge on any atom is -0.486 e. The second-order valence-electron chi connectivity index (χ2n) is 11.3. The summed E-state index contributed by atoms with van der Waals surface area (Å²) in [5.41, 5.74) is 3.21. The Labute approximate surface area is 239 Å². The third-order valence-corrected chi connectivity index (χ3v) is 9.34. The number of benzene rings is 1. The molecule has 2 aromatic heterocycles. The van der Waals surface area contributed by atoms with Gasteiger partial charge in [-0.15, -0.1) is 28.1 Å². The molecule has 2 heterocycles. The van der Waals surface area contributed by atoms with Crippen LogP contribution in [0.2, 0.25) is 0 Å². The predicted molar refractivity (Wildman–Crippen MR) is 158 cm³/mol. The number of allylic oxidation sites excluding steroid dienone is 1. The van der Waals surface area contributed by atoms with Crippen LogP contribution in [-0.4, -0.2) is 26.4 Å². The molecule has 1 aromatic carbocycles. The standard InChI is InChI=1S/C30H37N5O2S2/c1-7-14-35-26(17-37-22-11-8-20(9-12-22)19(2)3)33-34-29(35)38-18-27(36)32-28-24(16-31)23-13-10-21(30(4,5)6)15-25(23)39-28/h7-9,11-12,19,21H,1,10,13-15,17-18H2,2-6H3,(H,32,36). The number of thioether (sulfide) groups is 1. The van der Waals surface area contributed by atoms with Crippen LogP contribution < -0.4 is 10.1 Å². The fourth-order valence-corrected chi connectivity index (χ4v) is 6.83. The SMILES string of the molecule is C=CCn1c(COc2ccc(C(C)C)cc2)nnc1SCC(=O)Nc1sc2c(c1C#N)CCC(C(C)(C)C)C2.